The number of benzene rings is 1. The number of piperidine rings is 1. The highest BCUT2D eigenvalue weighted by atomic mass is 127. The van der Waals surface area contributed by atoms with E-state index in [1.165, 1.54) is 12.8 Å². The summed E-state index contributed by atoms with van der Waals surface area (Å²) in [6.07, 6.45) is 2.37. The minimum absolute atomic E-state index is 0. The molecule has 2 heterocycles. The van der Waals surface area contributed by atoms with E-state index in [9.17, 15) is 0 Å². The van der Waals surface area contributed by atoms with Gasteiger partial charge in [-0.05, 0) is 30.9 Å². The van der Waals surface area contributed by atoms with E-state index >= 15 is 0 Å². The number of aliphatic imine (C=N–C) groups is 1. The van der Waals surface area contributed by atoms with Crippen molar-refractivity contribution in [2.24, 2.45) is 23.7 Å². The number of halogens is 1. The fourth-order valence-electron chi connectivity index (χ4n) is 2.99. The summed E-state index contributed by atoms with van der Waals surface area (Å²) in [6, 6.07) is 5.90. The topological polar surface area (TPSA) is 68.7 Å². The third kappa shape index (κ3) is 3.93. The second kappa shape index (κ2) is 8.04. The molecule has 1 fully saturated rings. The first-order chi connectivity index (χ1) is 11.1. The largest absolute Gasteiger partial charge is 0.497 e. The number of nitrogens with two attached hydrogens (primary N) is 1. The fourth-order valence-corrected chi connectivity index (χ4v) is 2.99. The summed E-state index contributed by atoms with van der Waals surface area (Å²) in [5, 5.41) is 0. The normalized spacial score (nSPS) is 16.3. The molecule has 0 unspecified atom stereocenters. The Bertz CT molecular complexity index is 719. The number of aryl methyl sites for hydroxylation is 1. The van der Waals surface area contributed by atoms with Crippen molar-refractivity contribution in [3.05, 3.63) is 24.0 Å². The molecule has 2 aromatic rings. The number of ether oxygens (including phenoxy) is 1. The molecule has 1 saturated heterocycles. The van der Waals surface area contributed by atoms with Crippen molar-refractivity contribution in [3.63, 3.8) is 0 Å². The van der Waals surface area contributed by atoms with Gasteiger partial charge in [0.1, 0.15) is 18.1 Å². The zero-order chi connectivity index (χ0) is 16.4. The average Bonchev–Trinajstić information content (AvgIpc) is 2.88. The number of nitrogens with zero attached hydrogens (tertiary/aromatic N) is 4. The Kier molecular flexibility index (Phi) is 6.31. The zero-order valence-corrected chi connectivity index (χ0v) is 16.9. The molecule has 0 aliphatic carbocycles. The number of methoxy groups -OCH3 is 1. The van der Waals surface area contributed by atoms with E-state index in [2.05, 4.69) is 26.4 Å². The summed E-state index contributed by atoms with van der Waals surface area (Å²) < 4.78 is 7.31. The molecule has 0 spiro atoms. The van der Waals surface area contributed by atoms with Crippen LogP contribution < -0.4 is 10.5 Å². The molecule has 0 saturated carbocycles. The van der Waals surface area contributed by atoms with Gasteiger partial charge in [-0.3, -0.25) is 0 Å². The first-order valence-electron chi connectivity index (χ1n) is 8.12. The van der Waals surface area contributed by atoms with Crippen molar-refractivity contribution < 1.29 is 4.74 Å². The summed E-state index contributed by atoms with van der Waals surface area (Å²) in [5.74, 6) is 3.13. The monoisotopic (exact) mass is 443 g/mol. The highest BCUT2D eigenvalue weighted by Crippen LogP contribution is 2.21. The molecule has 1 aromatic carbocycles. The van der Waals surface area contributed by atoms with Crippen LogP contribution in [0.25, 0.3) is 11.0 Å². The van der Waals surface area contributed by atoms with E-state index < -0.39 is 0 Å². The van der Waals surface area contributed by atoms with Crippen molar-refractivity contribution in [2.75, 3.05) is 20.2 Å². The highest BCUT2D eigenvalue weighted by molar-refractivity contribution is 14.0. The second-order valence-corrected chi connectivity index (χ2v) is 6.29. The summed E-state index contributed by atoms with van der Waals surface area (Å²) >= 11 is 0. The predicted molar refractivity (Wildman–Crippen MR) is 108 cm³/mol. The second-order valence-electron chi connectivity index (χ2n) is 6.29. The molecule has 7 heteroatoms. The SMILES string of the molecule is COc1ccc2c(c1)nc(CN=C(N)N1CCC(C)CC1)n2C.I. The average molecular weight is 443 g/mol. The Morgan fingerprint density at radius 2 is 2.08 bits per heavy atom. The van der Waals surface area contributed by atoms with Crippen molar-refractivity contribution in [1.29, 1.82) is 0 Å². The third-order valence-corrected chi connectivity index (χ3v) is 4.67. The van der Waals surface area contributed by atoms with Crippen LogP contribution in [0.2, 0.25) is 0 Å². The number of guanidine groups is 1. The number of imidazole rings is 1. The van der Waals surface area contributed by atoms with Gasteiger partial charge < -0.3 is 19.9 Å². The number of rotatable bonds is 3. The van der Waals surface area contributed by atoms with Gasteiger partial charge in [-0.15, -0.1) is 24.0 Å². The van der Waals surface area contributed by atoms with Gasteiger partial charge in [0.2, 0.25) is 0 Å². The molecule has 2 N–H and O–H groups in total. The van der Waals surface area contributed by atoms with Crippen molar-refractivity contribution in [2.45, 2.75) is 26.3 Å². The molecule has 6 nitrogen and oxygen atoms in total. The van der Waals surface area contributed by atoms with Gasteiger partial charge in [0.05, 0.1) is 18.1 Å². The van der Waals surface area contributed by atoms with Gasteiger partial charge in [0.25, 0.3) is 0 Å². The van der Waals surface area contributed by atoms with Crippen molar-refractivity contribution >= 4 is 41.0 Å². The molecule has 1 aliphatic rings. The van der Waals surface area contributed by atoms with Gasteiger partial charge in [0, 0.05) is 26.2 Å². The van der Waals surface area contributed by atoms with Crippen LogP contribution in [-0.2, 0) is 13.6 Å². The van der Waals surface area contributed by atoms with Crippen LogP contribution in [0.5, 0.6) is 5.75 Å². The Hall–Kier alpha value is -1.51. The molecular weight excluding hydrogens is 417 g/mol. The smallest absolute Gasteiger partial charge is 0.191 e. The maximum absolute atomic E-state index is 6.15. The van der Waals surface area contributed by atoms with Gasteiger partial charge in [-0.1, -0.05) is 6.92 Å². The molecule has 24 heavy (non-hydrogen) atoms. The van der Waals surface area contributed by atoms with Gasteiger partial charge in [0.15, 0.2) is 5.96 Å². The first kappa shape index (κ1) is 18.8. The Balaban J connectivity index is 0.00000208. The lowest BCUT2D eigenvalue weighted by Crippen LogP contribution is -2.42. The predicted octanol–water partition coefficient (Wildman–Crippen LogP) is 2.75. The highest BCUT2D eigenvalue weighted by Gasteiger charge is 2.17. The van der Waals surface area contributed by atoms with E-state index in [1.54, 1.807) is 7.11 Å². The Labute approximate surface area is 160 Å². The lowest BCUT2D eigenvalue weighted by molar-refractivity contribution is 0.277. The van der Waals surface area contributed by atoms with Gasteiger partial charge in [-0.25, -0.2) is 9.98 Å². The first-order valence-corrected chi connectivity index (χ1v) is 8.12. The molecule has 0 atom stereocenters. The lowest BCUT2D eigenvalue weighted by atomic mass is 10.00. The van der Waals surface area contributed by atoms with Crippen LogP contribution in [0.3, 0.4) is 0 Å². The summed E-state index contributed by atoms with van der Waals surface area (Å²) in [5.41, 5.74) is 8.14. The molecular formula is C17H26IN5O. The Morgan fingerprint density at radius 1 is 1.38 bits per heavy atom. The van der Waals surface area contributed by atoms with Crippen LogP contribution in [0.4, 0.5) is 0 Å². The number of likely N-dealkylation sites (tertiary alicyclic amines) is 1. The molecule has 0 bridgehead atoms. The number of fused-ring (bicyclic) bond motifs is 1. The summed E-state index contributed by atoms with van der Waals surface area (Å²) in [4.78, 5) is 11.4. The Morgan fingerprint density at radius 3 is 2.75 bits per heavy atom. The van der Waals surface area contributed by atoms with Crippen LogP contribution in [0.1, 0.15) is 25.6 Å². The van der Waals surface area contributed by atoms with Crippen molar-refractivity contribution in [1.82, 2.24) is 14.5 Å². The zero-order valence-electron chi connectivity index (χ0n) is 14.5. The van der Waals surface area contributed by atoms with E-state index in [1.807, 2.05) is 25.2 Å². The molecule has 1 aromatic heterocycles. The molecule has 132 valence electrons. The van der Waals surface area contributed by atoms with Crippen LogP contribution >= 0.6 is 24.0 Å². The molecule has 3 rings (SSSR count). The van der Waals surface area contributed by atoms with E-state index in [0.29, 0.717) is 12.5 Å². The van der Waals surface area contributed by atoms with Gasteiger partial charge in [-0.2, -0.15) is 0 Å². The van der Waals surface area contributed by atoms with Crippen molar-refractivity contribution in [3.8, 4) is 5.75 Å². The minimum atomic E-state index is 0. The molecule has 1 aliphatic heterocycles. The van der Waals surface area contributed by atoms with E-state index in [-0.39, 0.29) is 24.0 Å². The summed E-state index contributed by atoms with van der Waals surface area (Å²) in [7, 11) is 3.67. The van der Waals surface area contributed by atoms with E-state index in [0.717, 1.165) is 41.6 Å². The number of hydrogen-bond donors (Lipinski definition) is 1. The molecule has 0 amide bonds. The number of aromatic nitrogens is 2. The summed E-state index contributed by atoms with van der Waals surface area (Å²) in [6.45, 7) is 4.77. The maximum atomic E-state index is 6.15. The maximum Gasteiger partial charge on any atom is 0.191 e. The number of hydrogen-bond acceptors (Lipinski definition) is 3. The third-order valence-electron chi connectivity index (χ3n) is 4.67. The lowest BCUT2D eigenvalue weighted by Gasteiger charge is -2.30. The quantitative estimate of drug-likeness (QED) is 0.450. The van der Waals surface area contributed by atoms with Crippen LogP contribution in [0, 0.1) is 5.92 Å². The standard InChI is InChI=1S/C17H25N5O.HI/c1-12-6-8-22(9-7-12)17(18)19-11-16-20-14-10-13(23-3)4-5-15(14)21(16)2;/h4-5,10,12H,6-9,11H2,1-3H3,(H2,18,19);1H. The van der Waals surface area contributed by atoms with Crippen LogP contribution in [-0.4, -0.2) is 40.6 Å². The fraction of sp³-hybridized carbons (Fsp3) is 0.529. The van der Waals surface area contributed by atoms with Crippen LogP contribution in [0.15, 0.2) is 23.2 Å². The van der Waals surface area contributed by atoms with Gasteiger partial charge >= 0.3 is 0 Å². The van der Waals surface area contributed by atoms with E-state index in [4.69, 9.17) is 10.5 Å². The molecule has 0 radical (unpaired) electrons. The minimum Gasteiger partial charge on any atom is -0.497 e.